The van der Waals surface area contributed by atoms with Crippen LogP contribution < -0.4 is 15.8 Å². The Kier molecular flexibility index (Phi) is 4.63. The molecular formula is C11H17N2O2+. The van der Waals surface area contributed by atoms with Crippen LogP contribution >= 0.6 is 0 Å². The maximum Gasteiger partial charge on any atom is 0.221 e. The van der Waals surface area contributed by atoms with Crippen LogP contribution in [-0.4, -0.2) is 19.1 Å². The van der Waals surface area contributed by atoms with Crippen LogP contribution in [-0.2, 0) is 4.79 Å². The minimum absolute atomic E-state index is 0.0788. The summed E-state index contributed by atoms with van der Waals surface area (Å²) in [6.07, 6.45) is 0.935. The Morgan fingerprint density at radius 3 is 3.00 bits per heavy atom. The fourth-order valence-corrected chi connectivity index (χ4v) is 1.16. The van der Waals surface area contributed by atoms with Crippen molar-refractivity contribution < 1.29 is 15.3 Å². The van der Waals surface area contributed by atoms with Crippen LogP contribution in [0.5, 0.6) is 5.75 Å². The van der Waals surface area contributed by atoms with Crippen molar-refractivity contribution in [3.05, 3.63) is 24.3 Å². The predicted molar refractivity (Wildman–Crippen MR) is 58.6 cm³/mol. The van der Waals surface area contributed by atoms with Gasteiger partial charge in [-0.1, -0.05) is 6.07 Å². The van der Waals surface area contributed by atoms with Gasteiger partial charge in [-0.05, 0) is 12.1 Å². The average molecular weight is 209 g/mol. The molecule has 0 spiro atoms. The number of hydrogen-bond donors (Lipinski definition) is 2. The highest BCUT2D eigenvalue weighted by atomic mass is 16.5. The molecule has 0 saturated heterocycles. The number of anilines is 1. The molecule has 1 rings (SSSR count). The van der Waals surface area contributed by atoms with Gasteiger partial charge in [0.1, 0.15) is 5.75 Å². The van der Waals surface area contributed by atoms with E-state index < -0.39 is 0 Å². The van der Waals surface area contributed by atoms with Crippen LogP contribution in [0.1, 0.15) is 13.3 Å². The molecule has 0 heterocycles. The zero-order chi connectivity index (χ0) is 11.1. The summed E-state index contributed by atoms with van der Waals surface area (Å²) < 4.78 is 5.48. The van der Waals surface area contributed by atoms with Crippen molar-refractivity contribution in [2.75, 3.05) is 18.5 Å². The van der Waals surface area contributed by atoms with Crippen molar-refractivity contribution in [1.29, 1.82) is 0 Å². The third-order valence-electron chi connectivity index (χ3n) is 1.82. The fourth-order valence-electron chi connectivity index (χ4n) is 1.16. The Hall–Kier alpha value is -1.55. The molecular weight excluding hydrogens is 192 g/mol. The van der Waals surface area contributed by atoms with Gasteiger partial charge in [0.05, 0.1) is 13.2 Å². The van der Waals surface area contributed by atoms with Crippen LogP contribution in [0.2, 0.25) is 0 Å². The van der Waals surface area contributed by atoms with Gasteiger partial charge in [0, 0.05) is 25.1 Å². The molecule has 1 amide bonds. The normalized spacial score (nSPS) is 9.73. The summed E-state index contributed by atoms with van der Waals surface area (Å²) in [5.41, 5.74) is 4.50. The van der Waals surface area contributed by atoms with E-state index in [0.29, 0.717) is 6.61 Å². The summed E-state index contributed by atoms with van der Waals surface area (Å²) in [4.78, 5) is 10.8. The van der Waals surface area contributed by atoms with E-state index in [1.54, 1.807) is 0 Å². The number of amides is 1. The Labute approximate surface area is 89.4 Å². The van der Waals surface area contributed by atoms with Crippen LogP contribution in [0.4, 0.5) is 5.69 Å². The lowest BCUT2D eigenvalue weighted by Gasteiger charge is -2.07. The minimum atomic E-state index is -0.0788. The van der Waals surface area contributed by atoms with Crippen molar-refractivity contribution in [2.24, 2.45) is 0 Å². The first-order chi connectivity index (χ1) is 7.22. The molecule has 4 heteroatoms. The van der Waals surface area contributed by atoms with Crippen LogP contribution in [0.15, 0.2) is 24.3 Å². The first-order valence-corrected chi connectivity index (χ1v) is 5.02. The SMILES string of the molecule is CC(=O)Nc1cccc(OCCC[NH3+])c1. The van der Waals surface area contributed by atoms with E-state index in [0.717, 1.165) is 24.4 Å². The number of hydrogen-bond acceptors (Lipinski definition) is 2. The van der Waals surface area contributed by atoms with Gasteiger partial charge in [-0.15, -0.1) is 0 Å². The summed E-state index contributed by atoms with van der Waals surface area (Å²) in [6.45, 7) is 3.01. The summed E-state index contributed by atoms with van der Waals surface area (Å²) in [7, 11) is 0. The van der Waals surface area contributed by atoms with Crippen molar-refractivity contribution in [3.63, 3.8) is 0 Å². The van der Waals surface area contributed by atoms with Gasteiger partial charge in [-0.25, -0.2) is 0 Å². The van der Waals surface area contributed by atoms with E-state index in [9.17, 15) is 4.79 Å². The lowest BCUT2D eigenvalue weighted by Crippen LogP contribution is -2.50. The molecule has 0 unspecified atom stereocenters. The first kappa shape index (κ1) is 11.5. The van der Waals surface area contributed by atoms with E-state index in [1.165, 1.54) is 6.92 Å². The smallest absolute Gasteiger partial charge is 0.221 e. The zero-order valence-electron chi connectivity index (χ0n) is 8.95. The lowest BCUT2D eigenvalue weighted by atomic mass is 10.3. The maximum absolute atomic E-state index is 10.8. The number of ether oxygens (including phenoxy) is 1. The van der Waals surface area contributed by atoms with Crippen LogP contribution in [0, 0.1) is 0 Å². The molecule has 0 saturated carbocycles. The summed E-state index contributed by atoms with van der Waals surface area (Å²) >= 11 is 0. The van der Waals surface area contributed by atoms with E-state index >= 15 is 0 Å². The third kappa shape index (κ3) is 4.46. The molecule has 1 aromatic carbocycles. The molecule has 0 aliphatic rings. The highest BCUT2D eigenvalue weighted by Gasteiger charge is 1.98. The Morgan fingerprint density at radius 1 is 1.53 bits per heavy atom. The fraction of sp³-hybridized carbons (Fsp3) is 0.364. The molecule has 1 aromatic rings. The molecule has 0 bridgehead atoms. The molecule has 15 heavy (non-hydrogen) atoms. The number of nitrogens with one attached hydrogen (secondary N) is 1. The van der Waals surface area contributed by atoms with Gasteiger partial charge < -0.3 is 15.8 Å². The number of rotatable bonds is 5. The highest BCUT2D eigenvalue weighted by Crippen LogP contribution is 2.17. The lowest BCUT2D eigenvalue weighted by molar-refractivity contribution is -0.368. The van der Waals surface area contributed by atoms with Crippen molar-refractivity contribution >= 4 is 11.6 Å². The third-order valence-corrected chi connectivity index (χ3v) is 1.82. The molecule has 0 aliphatic heterocycles. The Balaban J connectivity index is 2.53. The van der Waals surface area contributed by atoms with Crippen molar-refractivity contribution in [2.45, 2.75) is 13.3 Å². The largest absolute Gasteiger partial charge is 0.493 e. The monoisotopic (exact) mass is 209 g/mol. The topological polar surface area (TPSA) is 66.0 Å². The Bertz CT molecular complexity index is 326. The average Bonchev–Trinajstić information content (AvgIpc) is 2.18. The Morgan fingerprint density at radius 2 is 2.33 bits per heavy atom. The summed E-state index contributed by atoms with van der Waals surface area (Å²) in [5.74, 6) is 0.694. The van der Waals surface area contributed by atoms with Gasteiger partial charge in [0.25, 0.3) is 0 Å². The molecule has 0 aliphatic carbocycles. The zero-order valence-corrected chi connectivity index (χ0v) is 8.95. The van der Waals surface area contributed by atoms with Gasteiger partial charge in [-0.3, -0.25) is 4.79 Å². The van der Waals surface area contributed by atoms with E-state index in [-0.39, 0.29) is 5.91 Å². The molecule has 82 valence electrons. The quantitative estimate of drug-likeness (QED) is 0.699. The first-order valence-electron chi connectivity index (χ1n) is 5.02. The van der Waals surface area contributed by atoms with Crippen LogP contribution in [0.3, 0.4) is 0 Å². The number of benzene rings is 1. The van der Waals surface area contributed by atoms with Gasteiger partial charge >= 0.3 is 0 Å². The molecule has 0 fully saturated rings. The summed E-state index contributed by atoms with van der Waals surface area (Å²) in [6, 6.07) is 7.36. The number of quaternary nitrogens is 1. The molecule has 4 N–H and O–H groups in total. The molecule has 0 atom stereocenters. The van der Waals surface area contributed by atoms with Crippen LogP contribution in [0.25, 0.3) is 0 Å². The standard InChI is InChI=1S/C11H16N2O2/c1-9(14)13-10-4-2-5-11(8-10)15-7-3-6-12/h2,4-5,8H,3,6-7,12H2,1H3,(H,13,14)/p+1. The molecule has 0 aromatic heterocycles. The van der Waals surface area contributed by atoms with Gasteiger partial charge in [0.15, 0.2) is 0 Å². The van der Waals surface area contributed by atoms with E-state index in [4.69, 9.17) is 4.74 Å². The van der Waals surface area contributed by atoms with E-state index in [2.05, 4.69) is 11.1 Å². The van der Waals surface area contributed by atoms with Gasteiger partial charge in [0.2, 0.25) is 5.91 Å². The molecule has 4 nitrogen and oxygen atoms in total. The summed E-state index contributed by atoms with van der Waals surface area (Å²) in [5, 5.41) is 2.70. The second kappa shape index (κ2) is 6.03. The highest BCUT2D eigenvalue weighted by molar-refractivity contribution is 5.88. The predicted octanol–water partition coefficient (Wildman–Crippen LogP) is 0.656. The number of carbonyl (C=O) groups is 1. The minimum Gasteiger partial charge on any atom is -0.493 e. The second-order valence-electron chi connectivity index (χ2n) is 3.26. The van der Waals surface area contributed by atoms with Gasteiger partial charge in [-0.2, -0.15) is 0 Å². The maximum atomic E-state index is 10.8. The number of carbonyl (C=O) groups excluding carboxylic acids is 1. The molecule has 0 radical (unpaired) electrons. The van der Waals surface area contributed by atoms with Crippen molar-refractivity contribution in [1.82, 2.24) is 0 Å². The van der Waals surface area contributed by atoms with E-state index in [1.807, 2.05) is 24.3 Å². The second-order valence-corrected chi connectivity index (χ2v) is 3.26. The van der Waals surface area contributed by atoms with Crippen molar-refractivity contribution in [3.8, 4) is 5.75 Å².